The Bertz CT molecular complexity index is 691. The second kappa shape index (κ2) is 8.75. The molecule has 2 aromatic carbocycles. The first-order chi connectivity index (χ1) is 12.7. The maximum absolute atomic E-state index is 12.3. The van der Waals surface area contributed by atoms with Gasteiger partial charge in [0, 0.05) is 12.0 Å². The quantitative estimate of drug-likeness (QED) is 0.777. The number of carbonyl (C=O) groups excluding carboxylic acids is 1. The zero-order chi connectivity index (χ0) is 18.2. The van der Waals surface area contributed by atoms with Crippen molar-refractivity contribution in [2.24, 2.45) is 0 Å². The molecule has 1 saturated carbocycles. The van der Waals surface area contributed by atoms with Crippen LogP contribution in [0.4, 0.5) is 0 Å². The Morgan fingerprint density at radius 1 is 1.00 bits per heavy atom. The molecule has 1 fully saturated rings. The predicted molar refractivity (Wildman–Crippen MR) is 103 cm³/mol. The standard InChI is InChI=1S/C22H27NO3/c1-25-19-9-11-20(12-10-19)26-16-13-21(24)23-17-22(14-5-6-15-22)18-7-3-2-4-8-18/h2-4,7-12H,5-6,13-17H2,1H3,(H,23,24). The van der Waals surface area contributed by atoms with E-state index in [1.807, 2.05) is 30.3 Å². The predicted octanol–water partition coefficient (Wildman–Crippen LogP) is 4.09. The summed E-state index contributed by atoms with van der Waals surface area (Å²) in [5.41, 5.74) is 1.43. The first kappa shape index (κ1) is 18.3. The first-order valence-electron chi connectivity index (χ1n) is 9.31. The first-order valence-corrected chi connectivity index (χ1v) is 9.31. The van der Waals surface area contributed by atoms with Crippen LogP contribution in [0.2, 0.25) is 0 Å². The van der Waals surface area contributed by atoms with Gasteiger partial charge < -0.3 is 14.8 Å². The summed E-state index contributed by atoms with van der Waals surface area (Å²) in [6.07, 6.45) is 5.09. The van der Waals surface area contributed by atoms with Gasteiger partial charge in [0.2, 0.25) is 5.91 Å². The molecule has 2 aromatic rings. The number of hydrogen-bond donors (Lipinski definition) is 1. The molecule has 0 bridgehead atoms. The minimum absolute atomic E-state index is 0.0423. The lowest BCUT2D eigenvalue weighted by atomic mass is 9.79. The van der Waals surface area contributed by atoms with Gasteiger partial charge in [0.15, 0.2) is 0 Å². The fourth-order valence-corrected chi connectivity index (χ4v) is 3.70. The van der Waals surface area contributed by atoms with Gasteiger partial charge in [-0.3, -0.25) is 4.79 Å². The highest BCUT2D eigenvalue weighted by Gasteiger charge is 2.35. The van der Waals surface area contributed by atoms with Gasteiger partial charge in [0.1, 0.15) is 11.5 Å². The monoisotopic (exact) mass is 353 g/mol. The van der Waals surface area contributed by atoms with Crippen molar-refractivity contribution in [2.45, 2.75) is 37.5 Å². The summed E-state index contributed by atoms with van der Waals surface area (Å²) < 4.78 is 10.8. The highest BCUT2D eigenvalue weighted by atomic mass is 16.5. The Hall–Kier alpha value is -2.49. The summed E-state index contributed by atoms with van der Waals surface area (Å²) in [6.45, 7) is 1.08. The molecule has 4 nitrogen and oxygen atoms in total. The number of amides is 1. The molecule has 0 aliphatic heterocycles. The van der Waals surface area contributed by atoms with E-state index in [0.29, 0.717) is 19.6 Å². The van der Waals surface area contributed by atoms with Crippen molar-refractivity contribution >= 4 is 5.91 Å². The number of ether oxygens (including phenoxy) is 2. The number of methoxy groups -OCH3 is 1. The molecule has 3 rings (SSSR count). The van der Waals surface area contributed by atoms with Crippen LogP contribution >= 0.6 is 0 Å². The van der Waals surface area contributed by atoms with Crippen molar-refractivity contribution in [3.8, 4) is 11.5 Å². The Balaban J connectivity index is 1.47. The van der Waals surface area contributed by atoms with Crippen LogP contribution in [-0.2, 0) is 10.2 Å². The lowest BCUT2D eigenvalue weighted by molar-refractivity contribution is -0.121. The number of rotatable bonds is 8. The van der Waals surface area contributed by atoms with Crippen LogP contribution in [0, 0.1) is 0 Å². The van der Waals surface area contributed by atoms with Crippen LogP contribution in [0.15, 0.2) is 54.6 Å². The van der Waals surface area contributed by atoms with Gasteiger partial charge in [0.05, 0.1) is 20.1 Å². The minimum atomic E-state index is 0.0423. The molecule has 1 aliphatic carbocycles. The molecular weight excluding hydrogens is 326 g/mol. The Morgan fingerprint density at radius 2 is 1.65 bits per heavy atom. The molecule has 0 radical (unpaired) electrons. The summed E-state index contributed by atoms with van der Waals surface area (Å²) in [5, 5.41) is 3.13. The summed E-state index contributed by atoms with van der Waals surface area (Å²) in [6, 6.07) is 18.0. The molecule has 1 amide bonds. The molecular formula is C22H27NO3. The van der Waals surface area contributed by atoms with E-state index < -0.39 is 0 Å². The maximum Gasteiger partial charge on any atom is 0.223 e. The molecule has 0 spiro atoms. The van der Waals surface area contributed by atoms with Crippen molar-refractivity contribution in [3.05, 3.63) is 60.2 Å². The third-order valence-corrected chi connectivity index (χ3v) is 5.23. The number of benzene rings is 2. The molecule has 0 heterocycles. The molecule has 0 aromatic heterocycles. The van der Waals surface area contributed by atoms with Gasteiger partial charge in [-0.25, -0.2) is 0 Å². The van der Waals surface area contributed by atoms with Crippen LogP contribution in [0.1, 0.15) is 37.7 Å². The third kappa shape index (κ3) is 4.57. The van der Waals surface area contributed by atoms with Crippen molar-refractivity contribution in [3.63, 3.8) is 0 Å². The van der Waals surface area contributed by atoms with Gasteiger partial charge in [0.25, 0.3) is 0 Å². The van der Waals surface area contributed by atoms with Gasteiger partial charge in [-0.1, -0.05) is 43.2 Å². The molecule has 1 N–H and O–H groups in total. The van der Waals surface area contributed by atoms with Gasteiger partial charge in [-0.15, -0.1) is 0 Å². The average molecular weight is 353 g/mol. The minimum Gasteiger partial charge on any atom is -0.497 e. The molecule has 0 atom stereocenters. The van der Waals surface area contributed by atoms with E-state index >= 15 is 0 Å². The summed E-state index contributed by atoms with van der Waals surface area (Å²) in [5.74, 6) is 1.58. The zero-order valence-corrected chi connectivity index (χ0v) is 15.4. The van der Waals surface area contributed by atoms with E-state index in [0.717, 1.165) is 24.3 Å². The molecule has 26 heavy (non-hydrogen) atoms. The molecule has 1 aliphatic rings. The smallest absolute Gasteiger partial charge is 0.223 e. The van der Waals surface area contributed by atoms with E-state index in [1.54, 1.807) is 7.11 Å². The highest BCUT2D eigenvalue weighted by molar-refractivity contribution is 5.76. The maximum atomic E-state index is 12.3. The van der Waals surface area contributed by atoms with Crippen molar-refractivity contribution in [2.75, 3.05) is 20.3 Å². The fourth-order valence-electron chi connectivity index (χ4n) is 3.70. The average Bonchev–Trinajstić information content (AvgIpc) is 3.18. The normalized spacial score (nSPS) is 15.4. The number of carbonyl (C=O) groups is 1. The highest BCUT2D eigenvalue weighted by Crippen LogP contribution is 2.40. The molecule has 4 heteroatoms. The molecule has 0 unspecified atom stereocenters. The Labute approximate surface area is 155 Å². The van der Waals surface area contributed by atoms with Gasteiger partial charge in [-0.2, -0.15) is 0 Å². The second-order valence-corrected chi connectivity index (χ2v) is 6.90. The topological polar surface area (TPSA) is 47.6 Å². The van der Waals surface area contributed by atoms with Gasteiger partial charge in [-0.05, 0) is 42.7 Å². The van der Waals surface area contributed by atoms with Crippen LogP contribution in [0.3, 0.4) is 0 Å². The molecule has 0 saturated heterocycles. The Morgan fingerprint density at radius 3 is 2.31 bits per heavy atom. The van der Waals surface area contributed by atoms with Crippen LogP contribution < -0.4 is 14.8 Å². The summed E-state index contributed by atoms with van der Waals surface area (Å²) in [4.78, 5) is 12.3. The van der Waals surface area contributed by atoms with E-state index in [-0.39, 0.29) is 11.3 Å². The van der Waals surface area contributed by atoms with E-state index in [4.69, 9.17) is 9.47 Å². The zero-order valence-electron chi connectivity index (χ0n) is 15.4. The number of hydrogen-bond acceptors (Lipinski definition) is 3. The van der Waals surface area contributed by atoms with Crippen molar-refractivity contribution in [1.29, 1.82) is 0 Å². The number of nitrogens with one attached hydrogen (secondary N) is 1. The third-order valence-electron chi connectivity index (χ3n) is 5.23. The van der Waals surface area contributed by atoms with Crippen LogP contribution in [-0.4, -0.2) is 26.2 Å². The largest absolute Gasteiger partial charge is 0.497 e. The van der Waals surface area contributed by atoms with Crippen molar-refractivity contribution < 1.29 is 14.3 Å². The summed E-state index contributed by atoms with van der Waals surface area (Å²) >= 11 is 0. The van der Waals surface area contributed by atoms with E-state index in [9.17, 15) is 4.79 Å². The lowest BCUT2D eigenvalue weighted by Gasteiger charge is -2.30. The summed E-state index contributed by atoms with van der Waals surface area (Å²) in [7, 11) is 1.63. The van der Waals surface area contributed by atoms with Crippen LogP contribution in [0.25, 0.3) is 0 Å². The van der Waals surface area contributed by atoms with Gasteiger partial charge >= 0.3 is 0 Å². The second-order valence-electron chi connectivity index (χ2n) is 6.90. The Kier molecular flexibility index (Phi) is 6.16. The SMILES string of the molecule is COc1ccc(OCCC(=O)NCC2(c3ccccc3)CCCC2)cc1. The lowest BCUT2D eigenvalue weighted by Crippen LogP contribution is -2.39. The van der Waals surface area contributed by atoms with E-state index in [1.165, 1.54) is 18.4 Å². The molecule has 138 valence electrons. The van der Waals surface area contributed by atoms with Crippen LogP contribution in [0.5, 0.6) is 11.5 Å². The van der Waals surface area contributed by atoms with E-state index in [2.05, 4.69) is 29.6 Å². The van der Waals surface area contributed by atoms with Crippen molar-refractivity contribution in [1.82, 2.24) is 5.32 Å². The fraction of sp³-hybridized carbons (Fsp3) is 0.409.